The van der Waals surface area contributed by atoms with E-state index in [4.69, 9.17) is 16.0 Å². The van der Waals surface area contributed by atoms with Crippen molar-refractivity contribution < 1.29 is 12.8 Å². The van der Waals surface area contributed by atoms with Crippen LogP contribution in [0.4, 0.5) is 0 Å². The van der Waals surface area contributed by atoms with Crippen LogP contribution in [0.1, 0.15) is 36.0 Å². The van der Waals surface area contributed by atoms with Gasteiger partial charge in [0.25, 0.3) is 10.2 Å². The predicted molar refractivity (Wildman–Crippen MR) is 96.9 cm³/mol. The largest absolute Gasteiger partial charge is 0.445 e. The molecule has 2 heterocycles. The molecule has 25 heavy (non-hydrogen) atoms. The molecule has 0 unspecified atom stereocenters. The first-order valence-corrected chi connectivity index (χ1v) is 10.0. The average molecular weight is 384 g/mol. The maximum absolute atomic E-state index is 12.3. The Balaban J connectivity index is 1.71. The Morgan fingerprint density at radius 2 is 2.20 bits per heavy atom. The fourth-order valence-corrected chi connectivity index (χ4v) is 4.43. The zero-order valence-corrected chi connectivity index (χ0v) is 15.9. The van der Waals surface area contributed by atoms with Crippen LogP contribution in [0.15, 0.2) is 34.9 Å². The van der Waals surface area contributed by atoms with Crippen LogP contribution >= 0.6 is 11.6 Å². The van der Waals surface area contributed by atoms with Crippen molar-refractivity contribution in [3.63, 3.8) is 0 Å². The molecule has 0 saturated carbocycles. The molecule has 0 radical (unpaired) electrons. The van der Waals surface area contributed by atoms with Crippen LogP contribution < -0.4 is 0 Å². The van der Waals surface area contributed by atoms with Crippen molar-refractivity contribution in [1.29, 1.82) is 0 Å². The molecule has 1 aliphatic rings. The summed E-state index contributed by atoms with van der Waals surface area (Å²) >= 11 is 6.01. The lowest BCUT2D eigenvalue weighted by atomic mass is 10.00. The summed E-state index contributed by atoms with van der Waals surface area (Å²) in [6.45, 7) is 0.935. The van der Waals surface area contributed by atoms with E-state index < -0.39 is 10.2 Å². The molecule has 1 aliphatic heterocycles. The maximum atomic E-state index is 12.3. The highest BCUT2D eigenvalue weighted by Crippen LogP contribution is 2.29. The van der Waals surface area contributed by atoms with E-state index in [1.165, 1.54) is 8.61 Å². The van der Waals surface area contributed by atoms with Gasteiger partial charge in [-0.25, -0.2) is 4.98 Å². The highest BCUT2D eigenvalue weighted by molar-refractivity contribution is 7.86. The molecule has 6 nitrogen and oxygen atoms in total. The fraction of sp³-hybridized carbons (Fsp3) is 0.471. The molecule has 0 spiro atoms. The van der Waals surface area contributed by atoms with Gasteiger partial charge in [0.1, 0.15) is 5.76 Å². The van der Waals surface area contributed by atoms with Crippen LogP contribution in [-0.4, -0.2) is 49.2 Å². The fourth-order valence-electron chi connectivity index (χ4n) is 3.03. The number of oxazole rings is 1. The van der Waals surface area contributed by atoms with Crippen LogP contribution in [0, 0.1) is 0 Å². The number of hydrogen-bond donors (Lipinski definition) is 0. The molecule has 1 aromatic heterocycles. The van der Waals surface area contributed by atoms with Crippen LogP contribution in [0.25, 0.3) is 0 Å². The second-order valence-electron chi connectivity index (χ2n) is 6.46. The first-order chi connectivity index (χ1) is 11.9. The summed E-state index contributed by atoms with van der Waals surface area (Å²) in [5.74, 6) is 1.34. The zero-order chi connectivity index (χ0) is 18.0. The minimum atomic E-state index is -3.40. The molecule has 0 bridgehead atoms. The Morgan fingerprint density at radius 1 is 1.40 bits per heavy atom. The third-order valence-corrected chi connectivity index (χ3v) is 6.50. The van der Waals surface area contributed by atoms with Crippen LogP contribution in [0.2, 0.25) is 5.02 Å². The van der Waals surface area contributed by atoms with E-state index in [9.17, 15) is 8.42 Å². The van der Waals surface area contributed by atoms with Gasteiger partial charge in [0, 0.05) is 44.5 Å². The molecular weight excluding hydrogens is 362 g/mol. The van der Waals surface area contributed by atoms with Gasteiger partial charge in [0.05, 0.1) is 6.20 Å². The van der Waals surface area contributed by atoms with E-state index in [1.807, 2.05) is 24.3 Å². The predicted octanol–water partition coefficient (Wildman–Crippen LogP) is 2.90. The third-order valence-electron chi connectivity index (χ3n) is 4.36. The standard InChI is InChI=1S/C17H22ClN3O3S/c1-20(2)25(22,23)21-8-4-6-14(12-21)17-19-11-16(24-17)10-13-5-3-7-15(18)9-13/h3,5,7,9,11,14H,4,6,8,10,12H2,1-2H3/t14-/m1/s1. The van der Waals surface area contributed by atoms with Gasteiger partial charge < -0.3 is 4.42 Å². The van der Waals surface area contributed by atoms with E-state index >= 15 is 0 Å². The summed E-state index contributed by atoms with van der Waals surface area (Å²) in [5.41, 5.74) is 1.05. The Labute approximate surface area is 153 Å². The lowest BCUT2D eigenvalue weighted by Gasteiger charge is -2.32. The number of hydrogen-bond acceptors (Lipinski definition) is 4. The first kappa shape index (κ1) is 18.4. The smallest absolute Gasteiger partial charge is 0.281 e. The molecule has 1 aromatic carbocycles. The summed E-state index contributed by atoms with van der Waals surface area (Å²) < 4.78 is 33.3. The van der Waals surface area contributed by atoms with Crippen molar-refractivity contribution in [3.8, 4) is 0 Å². The molecule has 0 N–H and O–H groups in total. The molecule has 0 amide bonds. The van der Waals surface area contributed by atoms with Crippen molar-refractivity contribution in [2.75, 3.05) is 27.2 Å². The lowest BCUT2D eigenvalue weighted by molar-refractivity contribution is 0.270. The van der Waals surface area contributed by atoms with Crippen molar-refractivity contribution in [2.45, 2.75) is 25.2 Å². The Hall–Kier alpha value is -1.41. The Bertz CT molecular complexity index is 835. The number of benzene rings is 1. The second kappa shape index (κ2) is 7.45. The van der Waals surface area contributed by atoms with E-state index in [0.717, 1.165) is 24.2 Å². The van der Waals surface area contributed by atoms with Crippen LogP contribution in [0.5, 0.6) is 0 Å². The van der Waals surface area contributed by atoms with Crippen molar-refractivity contribution in [2.24, 2.45) is 0 Å². The van der Waals surface area contributed by atoms with Crippen molar-refractivity contribution in [1.82, 2.24) is 13.6 Å². The summed E-state index contributed by atoms with van der Waals surface area (Å²) in [5, 5.41) is 0.689. The molecule has 1 saturated heterocycles. The van der Waals surface area contributed by atoms with Crippen molar-refractivity contribution in [3.05, 3.63) is 52.7 Å². The second-order valence-corrected chi connectivity index (χ2v) is 9.04. The van der Waals surface area contributed by atoms with E-state index in [0.29, 0.717) is 30.4 Å². The molecule has 3 rings (SSSR count). The minimum Gasteiger partial charge on any atom is -0.445 e. The summed E-state index contributed by atoms with van der Waals surface area (Å²) in [6.07, 6.45) is 4.00. The number of rotatable bonds is 5. The van der Waals surface area contributed by atoms with Gasteiger partial charge in [0.15, 0.2) is 5.89 Å². The topological polar surface area (TPSA) is 66.7 Å². The van der Waals surface area contributed by atoms with Gasteiger partial charge >= 0.3 is 0 Å². The average Bonchev–Trinajstić information content (AvgIpc) is 3.03. The van der Waals surface area contributed by atoms with E-state index in [-0.39, 0.29) is 5.92 Å². The molecule has 1 atom stereocenters. The first-order valence-electron chi connectivity index (χ1n) is 8.23. The summed E-state index contributed by atoms with van der Waals surface area (Å²) in [4.78, 5) is 4.39. The van der Waals surface area contributed by atoms with Crippen molar-refractivity contribution >= 4 is 21.8 Å². The van der Waals surface area contributed by atoms with Gasteiger partial charge in [-0.05, 0) is 30.5 Å². The van der Waals surface area contributed by atoms with Gasteiger partial charge in [0.2, 0.25) is 0 Å². The van der Waals surface area contributed by atoms with E-state index in [1.54, 1.807) is 20.3 Å². The number of aromatic nitrogens is 1. The molecule has 0 aliphatic carbocycles. The van der Waals surface area contributed by atoms with Gasteiger partial charge in [-0.2, -0.15) is 17.0 Å². The molecule has 2 aromatic rings. The molecule has 8 heteroatoms. The lowest BCUT2D eigenvalue weighted by Crippen LogP contribution is -2.44. The molecule has 1 fully saturated rings. The maximum Gasteiger partial charge on any atom is 0.281 e. The SMILES string of the molecule is CN(C)S(=O)(=O)N1CCC[C@@H](c2ncc(Cc3cccc(Cl)c3)o2)C1. The number of nitrogens with zero attached hydrogens (tertiary/aromatic N) is 3. The Morgan fingerprint density at radius 3 is 2.92 bits per heavy atom. The monoisotopic (exact) mass is 383 g/mol. The quantitative estimate of drug-likeness (QED) is 0.796. The van der Waals surface area contributed by atoms with E-state index in [2.05, 4.69) is 4.98 Å². The molecule has 136 valence electrons. The normalized spacial score (nSPS) is 19.4. The number of halogens is 1. The number of piperidine rings is 1. The van der Waals surface area contributed by atoms with Crippen LogP contribution in [0.3, 0.4) is 0 Å². The van der Waals surface area contributed by atoms with Crippen LogP contribution in [-0.2, 0) is 16.6 Å². The highest BCUT2D eigenvalue weighted by Gasteiger charge is 2.33. The zero-order valence-electron chi connectivity index (χ0n) is 14.4. The van der Waals surface area contributed by atoms with Gasteiger partial charge in [-0.1, -0.05) is 23.7 Å². The van der Waals surface area contributed by atoms with Gasteiger partial charge in [-0.3, -0.25) is 0 Å². The highest BCUT2D eigenvalue weighted by atomic mass is 35.5. The summed E-state index contributed by atoms with van der Waals surface area (Å²) in [6, 6.07) is 7.62. The summed E-state index contributed by atoms with van der Waals surface area (Å²) in [7, 11) is -0.307. The molecular formula is C17H22ClN3O3S. The Kier molecular flexibility index (Phi) is 5.48. The minimum absolute atomic E-state index is 0.0170. The third kappa shape index (κ3) is 4.23. The van der Waals surface area contributed by atoms with Gasteiger partial charge in [-0.15, -0.1) is 0 Å².